The third-order valence-electron chi connectivity index (χ3n) is 4.16. The first-order valence-corrected chi connectivity index (χ1v) is 7.84. The number of amides is 1. The number of aromatic nitrogens is 2. The van der Waals surface area contributed by atoms with Gasteiger partial charge < -0.3 is 10.5 Å². The molecule has 3 rings (SSSR count). The summed E-state index contributed by atoms with van der Waals surface area (Å²) in [6.07, 6.45) is 4.98. The topological polar surface area (TPSA) is 72.2 Å². The molecule has 120 valence electrons. The van der Waals surface area contributed by atoms with Crippen molar-refractivity contribution in [2.45, 2.75) is 18.8 Å². The normalized spacial score (nSPS) is 16.2. The molecule has 23 heavy (non-hydrogen) atoms. The third kappa shape index (κ3) is 4.04. The number of hydrogen-bond donors (Lipinski definition) is 1. The summed E-state index contributed by atoms with van der Waals surface area (Å²) in [6, 6.07) is 11.0. The van der Waals surface area contributed by atoms with Crippen molar-refractivity contribution in [3.63, 3.8) is 0 Å². The molecule has 0 radical (unpaired) electrons. The summed E-state index contributed by atoms with van der Waals surface area (Å²) in [7, 11) is 0. The van der Waals surface area contributed by atoms with Crippen LogP contribution in [-0.2, 0) is 4.79 Å². The molecule has 0 spiro atoms. The largest absolute Gasteiger partial charge is 0.618 e. The van der Waals surface area contributed by atoms with Crippen LogP contribution in [0.5, 0.6) is 0 Å². The maximum absolute atomic E-state index is 12.0. The molecule has 2 aromatic rings. The highest BCUT2D eigenvalue weighted by Gasteiger charge is 2.26. The number of nitrogens with zero attached hydrogens (tertiary/aromatic N) is 3. The number of pyridine rings is 2. The van der Waals surface area contributed by atoms with E-state index in [9.17, 15) is 10.0 Å². The van der Waals surface area contributed by atoms with Crippen molar-refractivity contribution in [1.29, 1.82) is 0 Å². The van der Waals surface area contributed by atoms with Gasteiger partial charge in [-0.1, -0.05) is 12.1 Å². The van der Waals surface area contributed by atoms with E-state index in [0.29, 0.717) is 12.4 Å². The Morgan fingerprint density at radius 1 is 1.26 bits per heavy atom. The van der Waals surface area contributed by atoms with Gasteiger partial charge >= 0.3 is 0 Å². The Hall–Kier alpha value is -2.47. The van der Waals surface area contributed by atoms with Crippen LogP contribution in [-0.4, -0.2) is 35.4 Å². The van der Waals surface area contributed by atoms with Gasteiger partial charge in [0.15, 0.2) is 11.9 Å². The summed E-state index contributed by atoms with van der Waals surface area (Å²) in [6.45, 7) is 1.99. The summed E-state index contributed by atoms with van der Waals surface area (Å²) in [4.78, 5) is 18.2. The second-order valence-electron chi connectivity index (χ2n) is 5.76. The smallest absolute Gasteiger partial charge is 0.239 e. The van der Waals surface area contributed by atoms with E-state index in [2.05, 4.69) is 15.2 Å². The molecule has 0 aromatic carbocycles. The Balaban J connectivity index is 1.49. The van der Waals surface area contributed by atoms with Crippen molar-refractivity contribution < 1.29 is 9.52 Å². The number of likely N-dealkylation sites (tertiary alicyclic amines) is 1. The van der Waals surface area contributed by atoms with Crippen LogP contribution in [0.25, 0.3) is 0 Å². The van der Waals surface area contributed by atoms with Crippen molar-refractivity contribution in [2.75, 3.05) is 25.0 Å². The lowest BCUT2D eigenvalue weighted by Crippen LogP contribution is -2.41. The van der Waals surface area contributed by atoms with Crippen molar-refractivity contribution in [3.05, 3.63) is 59.7 Å². The van der Waals surface area contributed by atoms with Gasteiger partial charge in [-0.2, -0.15) is 4.73 Å². The number of nitrogens with one attached hydrogen (secondary N) is 1. The molecule has 0 aliphatic carbocycles. The number of anilines is 1. The lowest BCUT2D eigenvalue weighted by molar-refractivity contribution is -0.616. The van der Waals surface area contributed by atoms with Gasteiger partial charge in [0.05, 0.1) is 6.54 Å². The highest BCUT2D eigenvalue weighted by Crippen LogP contribution is 2.25. The van der Waals surface area contributed by atoms with Crippen LogP contribution >= 0.6 is 0 Å². The second-order valence-corrected chi connectivity index (χ2v) is 5.76. The Morgan fingerprint density at radius 3 is 2.74 bits per heavy atom. The van der Waals surface area contributed by atoms with E-state index in [-0.39, 0.29) is 11.8 Å². The van der Waals surface area contributed by atoms with Gasteiger partial charge in [-0.25, -0.2) is 4.98 Å². The van der Waals surface area contributed by atoms with E-state index in [1.54, 1.807) is 24.5 Å². The molecule has 3 heterocycles. The zero-order valence-corrected chi connectivity index (χ0v) is 12.9. The number of piperidine rings is 1. The molecule has 1 amide bonds. The molecular weight excluding hydrogens is 292 g/mol. The van der Waals surface area contributed by atoms with E-state index in [1.807, 2.05) is 24.3 Å². The lowest BCUT2D eigenvalue weighted by atomic mass is 9.93. The maximum atomic E-state index is 12.0. The first kappa shape index (κ1) is 15.4. The molecule has 0 bridgehead atoms. The van der Waals surface area contributed by atoms with Crippen LogP contribution in [0.15, 0.2) is 48.8 Å². The molecule has 6 nitrogen and oxygen atoms in total. The lowest BCUT2D eigenvalue weighted by Gasteiger charge is -2.30. The number of rotatable bonds is 4. The third-order valence-corrected chi connectivity index (χ3v) is 4.16. The predicted octanol–water partition coefficient (Wildman–Crippen LogP) is 1.53. The quantitative estimate of drug-likeness (QED) is 0.686. The molecule has 1 aliphatic rings. The Labute approximate surface area is 135 Å². The van der Waals surface area contributed by atoms with Crippen LogP contribution < -0.4 is 10.0 Å². The summed E-state index contributed by atoms with van der Waals surface area (Å²) in [5.74, 6) is 0.786. The van der Waals surface area contributed by atoms with Gasteiger partial charge in [-0.3, -0.25) is 9.69 Å². The molecule has 1 N–H and O–H groups in total. The van der Waals surface area contributed by atoms with Gasteiger partial charge in [0, 0.05) is 24.2 Å². The molecule has 6 heteroatoms. The van der Waals surface area contributed by atoms with E-state index in [1.165, 1.54) is 0 Å². The Bertz CT molecular complexity index is 655. The predicted molar refractivity (Wildman–Crippen MR) is 86.7 cm³/mol. The van der Waals surface area contributed by atoms with Crippen LogP contribution in [0.1, 0.15) is 24.5 Å². The Morgan fingerprint density at radius 2 is 2.04 bits per heavy atom. The van der Waals surface area contributed by atoms with Gasteiger partial charge in [0.2, 0.25) is 5.91 Å². The van der Waals surface area contributed by atoms with E-state index < -0.39 is 0 Å². The summed E-state index contributed by atoms with van der Waals surface area (Å²) in [5, 5.41) is 14.6. The van der Waals surface area contributed by atoms with Crippen LogP contribution in [0.2, 0.25) is 0 Å². The van der Waals surface area contributed by atoms with Crippen molar-refractivity contribution in [2.24, 2.45) is 0 Å². The molecular formula is C17H20N4O2. The van der Waals surface area contributed by atoms with Gasteiger partial charge in [0.1, 0.15) is 5.82 Å². The van der Waals surface area contributed by atoms with Crippen molar-refractivity contribution in [1.82, 2.24) is 9.88 Å². The van der Waals surface area contributed by atoms with Crippen LogP contribution in [0.3, 0.4) is 0 Å². The number of hydrogen-bond acceptors (Lipinski definition) is 4. The maximum Gasteiger partial charge on any atom is 0.239 e. The standard InChI is InChI=1S/C17H20N4O2/c22-17(19-16-6-1-3-9-18-16)13-20-11-7-14(8-12-20)15-5-2-4-10-21(15)23/h1-6,9-10,14H,7-8,11-13H2,(H,18,19,22). The second kappa shape index (κ2) is 7.19. The van der Waals surface area contributed by atoms with Gasteiger partial charge in [0.25, 0.3) is 0 Å². The minimum absolute atomic E-state index is 0.0549. The van der Waals surface area contributed by atoms with E-state index >= 15 is 0 Å². The van der Waals surface area contributed by atoms with E-state index in [0.717, 1.165) is 36.4 Å². The summed E-state index contributed by atoms with van der Waals surface area (Å²) in [5.41, 5.74) is 0.824. The minimum atomic E-state index is -0.0549. The van der Waals surface area contributed by atoms with Gasteiger partial charge in [-0.05, 0) is 38.1 Å². The zero-order chi connectivity index (χ0) is 16.1. The van der Waals surface area contributed by atoms with Crippen LogP contribution in [0, 0.1) is 5.21 Å². The van der Waals surface area contributed by atoms with Crippen LogP contribution in [0.4, 0.5) is 5.82 Å². The molecule has 1 fully saturated rings. The molecule has 2 aromatic heterocycles. The number of carbonyl (C=O) groups excluding carboxylic acids is 1. The molecule has 0 saturated carbocycles. The average Bonchev–Trinajstić information content (AvgIpc) is 2.57. The molecule has 1 saturated heterocycles. The first-order valence-electron chi connectivity index (χ1n) is 7.84. The Kier molecular flexibility index (Phi) is 4.83. The first-order chi connectivity index (χ1) is 11.2. The molecule has 1 aliphatic heterocycles. The highest BCUT2D eigenvalue weighted by molar-refractivity contribution is 5.91. The fourth-order valence-corrected chi connectivity index (χ4v) is 2.97. The highest BCUT2D eigenvalue weighted by atomic mass is 16.5. The average molecular weight is 312 g/mol. The minimum Gasteiger partial charge on any atom is -0.618 e. The SMILES string of the molecule is O=C(CN1CCC(c2cccc[n+]2[O-])CC1)Nc1ccccn1. The summed E-state index contributed by atoms with van der Waals surface area (Å²) >= 11 is 0. The monoisotopic (exact) mass is 312 g/mol. The van der Waals surface area contributed by atoms with Crippen molar-refractivity contribution >= 4 is 11.7 Å². The number of carbonyl (C=O) groups is 1. The van der Waals surface area contributed by atoms with Gasteiger partial charge in [-0.15, -0.1) is 0 Å². The summed E-state index contributed by atoms with van der Waals surface area (Å²) < 4.78 is 0.952. The fraction of sp³-hybridized carbons (Fsp3) is 0.353. The molecule has 0 unspecified atom stereocenters. The zero-order valence-electron chi connectivity index (χ0n) is 12.9. The fourth-order valence-electron chi connectivity index (χ4n) is 2.97. The van der Waals surface area contributed by atoms with Crippen molar-refractivity contribution in [3.8, 4) is 0 Å². The van der Waals surface area contributed by atoms with E-state index in [4.69, 9.17) is 0 Å². The molecule has 0 atom stereocenters.